The first-order valence-electron chi connectivity index (χ1n) is 7.33. The van der Waals surface area contributed by atoms with Crippen LogP contribution in [0.5, 0.6) is 11.6 Å². The van der Waals surface area contributed by atoms with E-state index in [9.17, 15) is 0 Å². The molecule has 0 aromatic carbocycles. The lowest BCUT2D eigenvalue weighted by molar-refractivity contribution is 0.454. The van der Waals surface area contributed by atoms with Gasteiger partial charge >= 0.3 is 0 Å². The molecule has 21 heavy (non-hydrogen) atoms. The zero-order valence-corrected chi connectivity index (χ0v) is 13.2. The number of aromatic nitrogens is 2. The zero-order chi connectivity index (χ0) is 15.2. The maximum atomic E-state index is 5.79. The number of rotatable bonds is 6. The first kappa shape index (κ1) is 15.4. The Morgan fingerprint density at radius 1 is 1.14 bits per heavy atom. The molecule has 0 fully saturated rings. The van der Waals surface area contributed by atoms with Gasteiger partial charge in [-0.3, -0.25) is 4.98 Å². The lowest BCUT2D eigenvalue weighted by Gasteiger charge is -2.11. The summed E-state index contributed by atoms with van der Waals surface area (Å²) < 4.78 is 5.79. The first-order chi connectivity index (χ1) is 10.1. The van der Waals surface area contributed by atoms with E-state index in [0.717, 1.165) is 30.2 Å². The summed E-state index contributed by atoms with van der Waals surface area (Å²) in [6.07, 6.45) is 1.75. The van der Waals surface area contributed by atoms with Gasteiger partial charge in [-0.1, -0.05) is 19.9 Å². The summed E-state index contributed by atoms with van der Waals surface area (Å²) in [4.78, 5) is 8.73. The highest BCUT2D eigenvalue weighted by Gasteiger charge is 2.06. The maximum Gasteiger partial charge on any atom is 0.219 e. The lowest BCUT2D eigenvalue weighted by atomic mass is 10.2. The van der Waals surface area contributed by atoms with Crippen LogP contribution in [0.3, 0.4) is 0 Å². The van der Waals surface area contributed by atoms with Crippen LogP contribution in [0, 0.1) is 19.8 Å². The Kier molecular flexibility index (Phi) is 5.28. The van der Waals surface area contributed by atoms with Crippen molar-refractivity contribution in [2.45, 2.75) is 34.2 Å². The number of aryl methyl sites for hydroxylation is 2. The van der Waals surface area contributed by atoms with Crippen LogP contribution in [0.2, 0.25) is 0 Å². The van der Waals surface area contributed by atoms with Gasteiger partial charge in [-0.25, -0.2) is 4.98 Å². The number of hydrogen-bond acceptors (Lipinski definition) is 4. The van der Waals surface area contributed by atoms with Crippen molar-refractivity contribution in [3.8, 4) is 11.6 Å². The molecule has 0 aliphatic rings. The standard InChI is InChI=1S/C17H23N3O/c1-12(2)10-18-11-15-7-8-17(20-13(15)3)21-16-6-5-9-19-14(16)4/h5-9,12,18H,10-11H2,1-4H3. The Bertz CT molecular complexity index is 596. The van der Waals surface area contributed by atoms with E-state index >= 15 is 0 Å². The fraction of sp³-hybridized carbons (Fsp3) is 0.412. The van der Waals surface area contributed by atoms with Crippen LogP contribution in [0.4, 0.5) is 0 Å². The summed E-state index contributed by atoms with van der Waals surface area (Å²) in [6, 6.07) is 7.74. The molecule has 2 heterocycles. The molecule has 0 aliphatic carbocycles. The van der Waals surface area contributed by atoms with Gasteiger partial charge in [-0.15, -0.1) is 0 Å². The van der Waals surface area contributed by atoms with Gasteiger partial charge < -0.3 is 10.1 Å². The van der Waals surface area contributed by atoms with Crippen LogP contribution >= 0.6 is 0 Å². The molecule has 4 heteroatoms. The molecular formula is C17H23N3O. The van der Waals surface area contributed by atoms with Gasteiger partial charge in [0.1, 0.15) is 0 Å². The Labute approximate surface area is 126 Å². The molecule has 0 aliphatic heterocycles. The zero-order valence-electron chi connectivity index (χ0n) is 13.2. The van der Waals surface area contributed by atoms with Crippen molar-refractivity contribution in [2.75, 3.05) is 6.54 Å². The molecule has 0 atom stereocenters. The van der Waals surface area contributed by atoms with Gasteiger partial charge in [0.25, 0.3) is 0 Å². The SMILES string of the molecule is Cc1nc(Oc2cccnc2C)ccc1CNCC(C)C. The molecule has 0 saturated carbocycles. The van der Waals surface area contributed by atoms with Gasteiger partial charge in [0.15, 0.2) is 5.75 Å². The summed E-state index contributed by atoms with van der Waals surface area (Å²) in [5.41, 5.74) is 3.05. The molecule has 0 unspecified atom stereocenters. The third-order valence-electron chi connectivity index (χ3n) is 3.21. The number of nitrogens with one attached hydrogen (secondary N) is 1. The highest BCUT2D eigenvalue weighted by atomic mass is 16.5. The molecule has 112 valence electrons. The number of hydrogen-bond donors (Lipinski definition) is 1. The van der Waals surface area contributed by atoms with Crippen LogP contribution in [-0.2, 0) is 6.54 Å². The third-order valence-corrected chi connectivity index (χ3v) is 3.21. The smallest absolute Gasteiger partial charge is 0.219 e. The normalized spacial score (nSPS) is 10.9. The number of nitrogens with zero attached hydrogens (tertiary/aromatic N) is 2. The molecule has 4 nitrogen and oxygen atoms in total. The maximum absolute atomic E-state index is 5.79. The highest BCUT2D eigenvalue weighted by molar-refractivity contribution is 5.32. The van der Waals surface area contributed by atoms with Gasteiger partial charge in [0, 0.05) is 24.5 Å². The van der Waals surface area contributed by atoms with Crippen LogP contribution in [0.15, 0.2) is 30.5 Å². The monoisotopic (exact) mass is 285 g/mol. The van der Waals surface area contributed by atoms with Crippen molar-refractivity contribution >= 4 is 0 Å². The first-order valence-corrected chi connectivity index (χ1v) is 7.33. The van der Waals surface area contributed by atoms with Gasteiger partial charge in [-0.2, -0.15) is 0 Å². The van der Waals surface area contributed by atoms with E-state index in [-0.39, 0.29) is 0 Å². The predicted octanol–water partition coefficient (Wildman–Crippen LogP) is 3.63. The number of pyridine rings is 2. The fourth-order valence-electron chi connectivity index (χ4n) is 2.00. The van der Waals surface area contributed by atoms with Gasteiger partial charge in [0.2, 0.25) is 5.88 Å². The minimum atomic E-state index is 0.608. The summed E-state index contributed by atoms with van der Waals surface area (Å²) in [5.74, 6) is 2.00. The van der Waals surface area contributed by atoms with E-state index in [1.165, 1.54) is 5.56 Å². The average Bonchev–Trinajstić information content (AvgIpc) is 2.43. The highest BCUT2D eigenvalue weighted by Crippen LogP contribution is 2.22. The molecule has 0 bridgehead atoms. The van der Waals surface area contributed by atoms with E-state index in [0.29, 0.717) is 11.8 Å². The number of ether oxygens (including phenoxy) is 1. The second-order valence-electron chi connectivity index (χ2n) is 5.61. The van der Waals surface area contributed by atoms with Crippen molar-refractivity contribution in [2.24, 2.45) is 5.92 Å². The quantitative estimate of drug-likeness (QED) is 0.880. The molecule has 0 amide bonds. The molecule has 2 rings (SSSR count). The molecule has 1 N–H and O–H groups in total. The summed E-state index contributed by atoms with van der Waals surface area (Å²) in [7, 11) is 0. The summed E-state index contributed by atoms with van der Waals surface area (Å²) in [6.45, 7) is 10.2. The molecule has 2 aromatic rings. The minimum absolute atomic E-state index is 0.608. The Balaban J connectivity index is 2.03. The van der Waals surface area contributed by atoms with E-state index in [4.69, 9.17) is 4.74 Å². The van der Waals surface area contributed by atoms with Crippen molar-refractivity contribution in [1.29, 1.82) is 0 Å². The molecule has 0 spiro atoms. The molecular weight excluding hydrogens is 262 g/mol. The van der Waals surface area contributed by atoms with E-state index in [2.05, 4.69) is 35.2 Å². The third kappa shape index (κ3) is 4.53. The fourth-order valence-corrected chi connectivity index (χ4v) is 2.00. The van der Waals surface area contributed by atoms with Crippen molar-refractivity contribution < 1.29 is 4.74 Å². The minimum Gasteiger partial charge on any atom is -0.437 e. The lowest BCUT2D eigenvalue weighted by Crippen LogP contribution is -2.19. The van der Waals surface area contributed by atoms with Crippen LogP contribution < -0.4 is 10.1 Å². The van der Waals surface area contributed by atoms with Crippen LogP contribution in [-0.4, -0.2) is 16.5 Å². The molecule has 0 radical (unpaired) electrons. The molecule has 0 saturated heterocycles. The topological polar surface area (TPSA) is 47.0 Å². The molecule has 2 aromatic heterocycles. The van der Waals surface area contributed by atoms with Gasteiger partial charge in [0.05, 0.1) is 5.69 Å². The second-order valence-corrected chi connectivity index (χ2v) is 5.61. The van der Waals surface area contributed by atoms with E-state index in [1.54, 1.807) is 6.20 Å². The Morgan fingerprint density at radius 3 is 2.62 bits per heavy atom. The predicted molar refractivity (Wildman–Crippen MR) is 84.6 cm³/mol. The van der Waals surface area contributed by atoms with Crippen molar-refractivity contribution in [3.63, 3.8) is 0 Å². The Morgan fingerprint density at radius 2 is 1.95 bits per heavy atom. The van der Waals surface area contributed by atoms with E-state index in [1.807, 2.05) is 32.0 Å². The average molecular weight is 285 g/mol. The van der Waals surface area contributed by atoms with Crippen molar-refractivity contribution in [1.82, 2.24) is 15.3 Å². The summed E-state index contributed by atoms with van der Waals surface area (Å²) >= 11 is 0. The van der Waals surface area contributed by atoms with Crippen LogP contribution in [0.1, 0.15) is 30.8 Å². The summed E-state index contributed by atoms with van der Waals surface area (Å²) in [5, 5.41) is 3.43. The van der Waals surface area contributed by atoms with Crippen molar-refractivity contribution in [3.05, 3.63) is 47.4 Å². The largest absolute Gasteiger partial charge is 0.437 e. The van der Waals surface area contributed by atoms with E-state index < -0.39 is 0 Å². The second kappa shape index (κ2) is 7.18. The Hall–Kier alpha value is -1.94. The van der Waals surface area contributed by atoms with Gasteiger partial charge in [-0.05, 0) is 44.0 Å². The van der Waals surface area contributed by atoms with Crippen LogP contribution in [0.25, 0.3) is 0 Å².